The minimum Gasteiger partial charge on any atom is -0.508 e. The van der Waals surface area contributed by atoms with Crippen LogP contribution >= 0.6 is 8.60 Å². The molecule has 8 nitrogen and oxygen atoms in total. The third-order valence-electron chi connectivity index (χ3n) is 19.5. The Kier molecular flexibility index (Phi) is 33.1. The van der Waals surface area contributed by atoms with E-state index < -0.39 is 14.0 Å². The van der Waals surface area contributed by atoms with Crippen molar-refractivity contribution in [3.8, 4) is 23.0 Å². The average Bonchev–Trinajstić information content (AvgIpc) is 0.705. The highest BCUT2D eigenvalue weighted by Gasteiger charge is 2.48. The first-order valence-corrected chi connectivity index (χ1v) is 37.8. The quantitative estimate of drug-likeness (QED) is 0.0129. The standard InChI is InChI=1S/C54H79O4P.C26H38O2.C6H14O2/c1-12-15-17-19-21-23-29-41-30-25-27-33-43(41)44(14-3)54(46-37-48(52(6,7)8)50(55)35-39(46)4,45-34-28-26-32-42(45)31-24-22-20-18-16-13-2)47-38-49(53(9,10)11)51(36-40(47)5)58-59(56)57;1-10-11-18(19-14-21(25(4,5)6)23(27)12-16(19)2)20-15-22(26(7,8)9)24(28)13-17(20)3;7-5-3-1-2-4-6-8/h25-28,30,32-38,44,55-57H,12-24,29,31H2,1-11H3;12-15,18,27-28H,10-11H2,1-9H3;7-8H,1-6H2. The highest BCUT2D eigenvalue weighted by Crippen LogP contribution is 2.57. The van der Waals surface area contributed by atoms with Gasteiger partial charge >= 0.3 is 8.60 Å². The van der Waals surface area contributed by atoms with Gasteiger partial charge in [0.2, 0.25) is 0 Å². The molecular formula is C86H131O8P. The van der Waals surface area contributed by atoms with Crippen molar-refractivity contribution in [2.24, 2.45) is 0 Å². The average molecular weight is 1320 g/mol. The maximum Gasteiger partial charge on any atom is 0.391 e. The molecule has 0 amide bonds. The largest absolute Gasteiger partial charge is 0.508 e. The number of aliphatic hydroxyl groups is 2. The Morgan fingerprint density at radius 2 is 0.758 bits per heavy atom. The summed E-state index contributed by atoms with van der Waals surface area (Å²) in [7, 11) is -2.62. The smallest absolute Gasteiger partial charge is 0.391 e. The monoisotopic (exact) mass is 1320 g/mol. The minimum absolute atomic E-state index is 0.0200. The summed E-state index contributed by atoms with van der Waals surface area (Å²) >= 11 is 0. The molecule has 7 N–H and O–H groups in total. The van der Waals surface area contributed by atoms with Gasteiger partial charge in [0.1, 0.15) is 23.0 Å². The number of aryl methyl sites for hydroxylation is 6. The van der Waals surface area contributed by atoms with Crippen molar-refractivity contribution in [2.75, 3.05) is 13.2 Å². The van der Waals surface area contributed by atoms with Crippen LogP contribution in [0.5, 0.6) is 23.0 Å². The zero-order valence-electron chi connectivity index (χ0n) is 63.1. The van der Waals surface area contributed by atoms with E-state index in [1.54, 1.807) is 0 Å². The van der Waals surface area contributed by atoms with E-state index in [0.29, 0.717) is 23.0 Å². The second-order valence-corrected chi connectivity index (χ2v) is 32.2. The molecule has 6 aromatic rings. The van der Waals surface area contributed by atoms with Crippen LogP contribution in [0.3, 0.4) is 0 Å². The first kappa shape index (κ1) is 82.2. The van der Waals surface area contributed by atoms with E-state index in [0.717, 1.165) is 115 Å². The maximum atomic E-state index is 11.7. The van der Waals surface area contributed by atoms with Gasteiger partial charge in [-0.1, -0.05) is 267 Å². The fraction of sp³-hybridized carbons (Fsp3) is 0.581. The van der Waals surface area contributed by atoms with Crippen LogP contribution in [-0.4, -0.2) is 48.5 Å². The Labute approximate surface area is 579 Å². The molecule has 0 saturated heterocycles. The van der Waals surface area contributed by atoms with Crippen LogP contribution in [0.4, 0.5) is 0 Å². The molecule has 0 saturated carbocycles. The van der Waals surface area contributed by atoms with E-state index in [4.69, 9.17) is 14.7 Å². The normalized spacial score (nSPS) is 13.1. The van der Waals surface area contributed by atoms with Gasteiger partial charge in [0, 0.05) is 30.6 Å². The van der Waals surface area contributed by atoms with Crippen LogP contribution in [0.2, 0.25) is 0 Å². The number of phenolic OH excluding ortho intramolecular Hbond substituents is 3. The molecule has 0 radical (unpaired) electrons. The van der Waals surface area contributed by atoms with Crippen LogP contribution in [-0.2, 0) is 39.9 Å². The number of rotatable bonds is 31. The fourth-order valence-corrected chi connectivity index (χ4v) is 14.8. The SMILES string of the molecule is CCCC(c1cc(C(C)(C)C)c(O)cc1C)c1cc(C(C)(C)C)c(O)cc1C.CCCCCCCCc1ccccc1C(CC)C(c1cc(C(C)(C)C)c(O)cc1C)(c1cc(C(C)(C)C)c(OP(O)O)cc1C)c1ccccc1CCCCCCCC.OCCCCCCO. The Morgan fingerprint density at radius 3 is 1.19 bits per heavy atom. The number of aliphatic hydroxyl groups excluding tert-OH is 2. The van der Waals surface area contributed by atoms with E-state index in [-0.39, 0.29) is 46.7 Å². The zero-order valence-corrected chi connectivity index (χ0v) is 64.0. The molecule has 528 valence electrons. The number of unbranched alkanes of at least 4 members (excludes halogenated alkanes) is 13. The van der Waals surface area contributed by atoms with Gasteiger partial charge in [-0.05, 0) is 208 Å². The zero-order chi connectivity index (χ0) is 71.1. The molecular weight excluding hydrogens is 1190 g/mol. The molecule has 6 rings (SSSR count). The van der Waals surface area contributed by atoms with Gasteiger partial charge in [0.05, 0.1) is 5.41 Å². The van der Waals surface area contributed by atoms with Crippen molar-refractivity contribution in [3.63, 3.8) is 0 Å². The van der Waals surface area contributed by atoms with Crippen LogP contribution in [0.25, 0.3) is 0 Å². The van der Waals surface area contributed by atoms with Crippen molar-refractivity contribution in [3.05, 3.63) is 186 Å². The van der Waals surface area contributed by atoms with E-state index in [9.17, 15) is 25.1 Å². The molecule has 0 aliphatic heterocycles. The van der Waals surface area contributed by atoms with Crippen molar-refractivity contribution < 1.29 is 39.8 Å². The topological polar surface area (TPSA) is 151 Å². The van der Waals surface area contributed by atoms with Crippen LogP contribution in [0.1, 0.15) is 334 Å². The molecule has 0 aliphatic rings. The Bertz CT molecular complexity index is 3200. The minimum atomic E-state index is -2.62. The highest BCUT2D eigenvalue weighted by atomic mass is 31.2. The summed E-state index contributed by atoms with van der Waals surface area (Å²) in [5.74, 6) is 1.86. The molecule has 2 unspecified atom stereocenters. The predicted molar refractivity (Wildman–Crippen MR) is 406 cm³/mol. The van der Waals surface area contributed by atoms with Crippen molar-refractivity contribution >= 4 is 8.60 Å². The van der Waals surface area contributed by atoms with Gasteiger partial charge < -0.3 is 39.8 Å². The first-order chi connectivity index (χ1) is 44.7. The number of phenols is 3. The summed E-state index contributed by atoms with van der Waals surface area (Å²) < 4.78 is 5.86. The fourth-order valence-electron chi connectivity index (χ4n) is 14.5. The van der Waals surface area contributed by atoms with E-state index in [1.165, 1.54) is 109 Å². The molecule has 0 heterocycles. The molecule has 6 aromatic carbocycles. The first-order valence-electron chi connectivity index (χ1n) is 36.6. The lowest BCUT2D eigenvalue weighted by Crippen LogP contribution is -2.40. The molecule has 0 bridgehead atoms. The van der Waals surface area contributed by atoms with Crippen molar-refractivity contribution in [1.82, 2.24) is 0 Å². The van der Waals surface area contributed by atoms with Gasteiger partial charge in [-0.25, -0.2) is 0 Å². The lowest BCUT2D eigenvalue weighted by molar-refractivity contribution is 0.265. The van der Waals surface area contributed by atoms with Crippen LogP contribution in [0.15, 0.2) is 97.1 Å². The Morgan fingerprint density at radius 1 is 0.379 bits per heavy atom. The predicted octanol–water partition coefficient (Wildman–Crippen LogP) is 23.3. The summed E-state index contributed by atoms with van der Waals surface area (Å²) in [6, 6.07) is 35.4. The third-order valence-corrected chi connectivity index (χ3v) is 19.9. The van der Waals surface area contributed by atoms with Crippen molar-refractivity contribution in [1.29, 1.82) is 0 Å². The number of hydrogen-bond donors (Lipinski definition) is 7. The summed E-state index contributed by atoms with van der Waals surface area (Å²) in [5, 5.41) is 49.4. The Balaban J connectivity index is 0.000000438. The molecule has 2 atom stereocenters. The van der Waals surface area contributed by atoms with Crippen molar-refractivity contribution in [2.45, 2.75) is 312 Å². The van der Waals surface area contributed by atoms with E-state index in [1.807, 2.05) is 18.2 Å². The molecule has 95 heavy (non-hydrogen) atoms. The highest BCUT2D eigenvalue weighted by molar-refractivity contribution is 7.39. The molecule has 9 heteroatoms. The van der Waals surface area contributed by atoms with E-state index in [2.05, 4.69) is 217 Å². The molecule has 0 spiro atoms. The molecule has 0 fully saturated rings. The summed E-state index contributed by atoms with van der Waals surface area (Å²) in [6.07, 6.45) is 23.7. The van der Waals surface area contributed by atoms with Gasteiger partial charge in [0.15, 0.2) is 0 Å². The lowest BCUT2D eigenvalue weighted by atomic mass is 9.55. The summed E-state index contributed by atoms with van der Waals surface area (Å²) in [5.41, 5.74) is 17.0. The van der Waals surface area contributed by atoms with E-state index >= 15 is 0 Å². The van der Waals surface area contributed by atoms with Gasteiger partial charge in [-0.15, -0.1) is 0 Å². The van der Waals surface area contributed by atoms with Gasteiger partial charge in [-0.3, -0.25) is 0 Å². The van der Waals surface area contributed by atoms with Crippen LogP contribution in [0, 0.1) is 27.7 Å². The lowest BCUT2D eigenvalue weighted by Gasteiger charge is -2.47. The molecule has 0 aromatic heterocycles. The third kappa shape index (κ3) is 22.9. The number of hydrogen-bond acceptors (Lipinski definition) is 8. The Hall–Kier alpha value is -5.21. The second-order valence-electron chi connectivity index (χ2n) is 31.5. The second kappa shape index (κ2) is 38.2. The van der Waals surface area contributed by atoms with Gasteiger partial charge in [-0.2, -0.15) is 0 Å². The molecule has 0 aliphatic carbocycles. The van der Waals surface area contributed by atoms with Crippen LogP contribution < -0.4 is 4.52 Å². The summed E-state index contributed by atoms with van der Waals surface area (Å²) in [4.78, 5) is 20.5. The van der Waals surface area contributed by atoms with Gasteiger partial charge in [0.25, 0.3) is 0 Å². The number of aromatic hydroxyl groups is 3. The maximum absolute atomic E-state index is 11.7. The summed E-state index contributed by atoms with van der Waals surface area (Å²) in [6.45, 7) is 44.2. The number of benzene rings is 6.